The molecule has 5 unspecified atom stereocenters. The van der Waals surface area contributed by atoms with Crippen molar-refractivity contribution in [2.45, 2.75) is 84.2 Å². The van der Waals surface area contributed by atoms with Crippen LogP contribution in [0, 0.1) is 11.8 Å². The molecule has 9 nitrogen and oxygen atoms in total. The lowest BCUT2D eigenvalue weighted by Crippen LogP contribution is -2.55. The predicted octanol–water partition coefficient (Wildman–Crippen LogP) is 1.68. The van der Waals surface area contributed by atoms with Gasteiger partial charge >= 0.3 is 0 Å². The highest BCUT2D eigenvalue weighted by Gasteiger charge is 2.46. The normalized spacial score (nSPS) is 28.6. The van der Waals surface area contributed by atoms with Crippen molar-refractivity contribution in [3.63, 3.8) is 0 Å². The van der Waals surface area contributed by atoms with Crippen LogP contribution in [0.5, 0.6) is 0 Å². The Hall–Kier alpha value is -2.55. The fourth-order valence-corrected chi connectivity index (χ4v) is 4.98. The van der Waals surface area contributed by atoms with Gasteiger partial charge in [-0.1, -0.05) is 33.3 Å². The number of aromatic amines is 2. The van der Waals surface area contributed by atoms with Gasteiger partial charge in [0.25, 0.3) is 0 Å². The summed E-state index contributed by atoms with van der Waals surface area (Å²) in [5.41, 5.74) is 3.44. The summed E-state index contributed by atoms with van der Waals surface area (Å²) in [6, 6.07) is -0.911. The smallest absolute Gasteiger partial charge is 0.243 e. The Kier molecular flexibility index (Phi) is 6.22. The summed E-state index contributed by atoms with van der Waals surface area (Å²) in [5, 5.41) is 26.6. The van der Waals surface area contributed by atoms with Crippen molar-refractivity contribution in [3.8, 4) is 0 Å². The molecule has 0 spiro atoms. The lowest BCUT2D eigenvalue weighted by atomic mass is 9.87. The van der Waals surface area contributed by atoms with E-state index in [2.05, 4.69) is 52.9 Å². The first-order chi connectivity index (χ1) is 14.9. The average molecular weight is 431 g/mol. The second-order valence-corrected chi connectivity index (χ2v) is 9.31. The van der Waals surface area contributed by atoms with E-state index in [1.165, 1.54) is 5.57 Å². The first-order valence-electron chi connectivity index (χ1n) is 11.4. The molecule has 3 aliphatic rings. The van der Waals surface area contributed by atoms with Gasteiger partial charge in [-0.3, -0.25) is 14.7 Å². The lowest BCUT2D eigenvalue weighted by molar-refractivity contribution is -0.130. The van der Waals surface area contributed by atoms with E-state index in [4.69, 9.17) is 0 Å². The highest BCUT2D eigenvalue weighted by Crippen LogP contribution is 2.45. The molecule has 2 amide bonds. The molecule has 1 saturated heterocycles. The van der Waals surface area contributed by atoms with Crippen LogP contribution in [0.3, 0.4) is 0 Å². The minimum Gasteiger partial charge on any atom is -0.371 e. The summed E-state index contributed by atoms with van der Waals surface area (Å²) in [4.78, 5) is 27.5. The molecule has 9 heteroatoms. The monoisotopic (exact) mass is 430 g/mol. The van der Waals surface area contributed by atoms with Crippen molar-refractivity contribution in [1.29, 1.82) is 0 Å². The first kappa shape index (κ1) is 21.7. The second kappa shape index (κ2) is 8.90. The number of aliphatic hydroxyl groups is 1. The maximum Gasteiger partial charge on any atom is 0.243 e. The van der Waals surface area contributed by atoms with Gasteiger partial charge in [0, 0.05) is 18.5 Å². The molecule has 1 aromatic rings. The number of nitrogens with zero attached hydrogens (tertiary/aromatic N) is 2. The molecule has 0 saturated carbocycles. The molecule has 0 radical (unpaired) electrons. The molecule has 1 aliphatic carbocycles. The molecule has 1 fully saturated rings. The molecular formula is C22H34N6O3. The molecule has 2 aliphatic heterocycles. The minimum atomic E-state index is -0.940. The van der Waals surface area contributed by atoms with Crippen LogP contribution in [-0.4, -0.2) is 55.5 Å². The van der Waals surface area contributed by atoms with Crippen LogP contribution in [0.15, 0.2) is 22.9 Å². The molecule has 3 heterocycles. The molecule has 170 valence electrons. The Bertz CT molecular complexity index is 875. The third kappa shape index (κ3) is 4.42. The van der Waals surface area contributed by atoms with Crippen molar-refractivity contribution in [3.05, 3.63) is 28.7 Å². The molecule has 31 heavy (non-hydrogen) atoms. The van der Waals surface area contributed by atoms with Gasteiger partial charge in [-0.2, -0.15) is 0 Å². The number of aliphatic hydroxyl groups excluding tert-OH is 1. The van der Waals surface area contributed by atoms with E-state index in [0.29, 0.717) is 43.5 Å². The van der Waals surface area contributed by atoms with Crippen LogP contribution in [0.4, 0.5) is 0 Å². The number of carbonyl (C=O) groups is 2. The maximum atomic E-state index is 13.1. The average Bonchev–Trinajstić information content (AvgIpc) is 3.02. The highest BCUT2D eigenvalue weighted by atomic mass is 16.3. The van der Waals surface area contributed by atoms with Gasteiger partial charge in [0.1, 0.15) is 12.3 Å². The number of carbonyl (C=O) groups excluding carboxylic acids is 2. The van der Waals surface area contributed by atoms with E-state index in [9.17, 15) is 14.7 Å². The number of aromatic nitrogens is 3. The topological polar surface area (TPSA) is 126 Å². The molecular weight excluding hydrogens is 396 g/mol. The van der Waals surface area contributed by atoms with Crippen molar-refractivity contribution >= 4 is 11.8 Å². The summed E-state index contributed by atoms with van der Waals surface area (Å²) in [5.74, 6) is 1.20. The summed E-state index contributed by atoms with van der Waals surface area (Å²) in [6.45, 7) is 6.62. The van der Waals surface area contributed by atoms with Crippen LogP contribution < -0.4 is 10.6 Å². The number of allylic oxidation sites excluding steroid dienone is 3. The third-order valence-corrected chi connectivity index (χ3v) is 6.80. The number of rotatable bonds is 7. The van der Waals surface area contributed by atoms with Crippen molar-refractivity contribution < 1.29 is 14.7 Å². The Morgan fingerprint density at radius 1 is 1.39 bits per heavy atom. The van der Waals surface area contributed by atoms with E-state index in [1.807, 2.05) is 4.90 Å². The fraction of sp³-hybridized carbons (Fsp3) is 0.682. The Morgan fingerprint density at radius 2 is 2.16 bits per heavy atom. The van der Waals surface area contributed by atoms with Gasteiger partial charge < -0.3 is 20.6 Å². The summed E-state index contributed by atoms with van der Waals surface area (Å²) in [7, 11) is 0. The van der Waals surface area contributed by atoms with E-state index in [0.717, 1.165) is 30.5 Å². The number of H-pyrrole nitrogens is 2. The Morgan fingerprint density at radius 3 is 2.84 bits per heavy atom. The quantitative estimate of drug-likeness (QED) is 0.450. The molecule has 4 rings (SSSR count). The zero-order valence-corrected chi connectivity index (χ0v) is 18.6. The van der Waals surface area contributed by atoms with Crippen LogP contribution in [-0.2, 0) is 16.1 Å². The third-order valence-electron chi connectivity index (χ3n) is 6.80. The first-order valence-corrected chi connectivity index (χ1v) is 11.4. The van der Waals surface area contributed by atoms with Gasteiger partial charge in [-0.25, -0.2) is 5.21 Å². The zero-order valence-electron chi connectivity index (χ0n) is 18.6. The predicted molar refractivity (Wildman–Crippen MR) is 115 cm³/mol. The largest absolute Gasteiger partial charge is 0.371 e. The SMILES string of the molecule is CCC(C)CC(=O)NC1CCC2=C3C(=CC(C)C2)CC(C(=O)NCc2n[nH][nH]2)N3C1O. The van der Waals surface area contributed by atoms with E-state index in [-0.39, 0.29) is 11.8 Å². The van der Waals surface area contributed by atoms with Crippen LogP contribution >= 0.6 is 0 Å². The number of hydrogen-bond donors (Lipinski definition) is 5. The Balaban J connectivity index is 1.55. The minimum absolute atomic E-state index is 0.0378. The summed E-state index contributed by atoms with van der Waals surface area (Å²) < 4.78 is 0. The van der Waals surface area contributed by atoms with Gasteiger partial charge in [0.15, 0.2) is 5.82 Å². The highest BCUT2D eigenvalue weighted by molar-refractivity contribution is 5.84. The van der Waals surface area contributed by atoms with Gasteiger partial charge in [-0.15, -0.1) is 5.10 Å². The summed E-state index contributed by atoms with van der Waals surface area (Å²) in [6.07, 6.45) is 5.66. The van der Waals surface area contributed by atoms with E-state index < -0.39 is 18.3 Å². The standard InChI is InChI=1S/C22H34N6O3/c1-4-12(2)9-19(29)24-16-6-5-14-7-13(3)8-15-10-17(28(20(14)15)22(16)31)21(30)23-11-18-25-27-26-18/h8,12-13,16-17,22,27,31H,4-7,9-11H2,1-3H3,(H,23,30)(H,24,29)(H,25,26). The van der Waals surface area contributed by atoms with Crippen molar-refractivity contribution in [2.24, 2.45) is 11.8 Å². The molecule has 0 aromatic carbocycles. The second-order valence-electron chi connectivity index (χ2n) is 9.31. The van der Waals surface area contributed by atoms with E-state index >= 15 is 0 Å². The van der Waals surface area contributed by atoms with E-state index in [1.54, 1.807) is 0 Å². The molecule has 5 atom stereocenters. The number of hydrogen-bond acceptors (Lipinski definition) is 5. The zero-order chi connectivity index (χ0) is 22.1. The fourth-order valence-electron chi connectivity index (χ4n) is 4.98. The molecule has 0 bridgehead atoms. The molecule has 5 N–H and O–H groups in total. The van der Waals surface area contributed by atoms with Crippen LogP contribution in [0.1, 0.15) is 65.1 Å². The van der Waals surface area contributed by atoms with Crippen LogP contribution in [0.2, 0.25) is 0 Å². The van der Waals surface area contributed by atoms with Crippen molar-refractivity contribution in [1.82, 2.24) is 30.9 Å². The Labute approximate surface area is 182 Å². The van der Waals surface area contributed by atoms with Gasteiger partial charge in [-0.05, 0) is 42.2 Å². The molecule has 1 aromatic heterocycles. The number of amides is 2. The van der Waals surface area contributed by atoms with Crippen LogP contribution in [0.25, 0.3) is 0 Å². The summed E-state index contributed by atoms with van der Waals surface area (Å²) >= 11 is 0. The van der Waals surface area contributed by atoms with Crippen molar-refractivity contribution in [2.75, 3.05) is 0 Å². The number of nitrogens with one attached hydrogen (secondary N) is 4. The lowest BCUT2D eigenvalue weighted by Gasteiger charge is -2.35. The van der Waals surface area contributed by atoms with Gasteiger partial charge in [0.2, 0.25) is 11.8 Å². The van der Waals surface area contributed by atoms with Gasteiger partial charge in [0.05, 0.1) is 12.6 Å². The maximum absolute atomic E-state index is 13.1.